The quantitative estimate of drug-likeness (QED) is 0.870. The highest BCUT2D eigenvalue weighted by Gasteiger charge is 2.13. The summed E-state index contributed by atoms with van der Waals surface area (Å²) in [5.41, 5.74) is 3.01. The van der Waals surface area contributed by atoms with Crippen LogP contribution < -0.4 is 14.8 Å². The molecule has 17 heavy (non-hydrogen) atoms. The number of hydrogen-bond acceptors (Lipinski definition) is 3. The van der Waals surface area contributed by atoms with Gasteiger partial charge in [-0.05, 0) is 31.0 Å². The van der Waals surface area contributed by atoms with Crippen LogP contribution in [0.3, 0.4) is 0 Å². The minimum Gasteiger partial charge on any atom is -0.496 e. The molecule has 0 aliphatic carbocycles. The van der Waals surface area contributed by atoms with Crippen LogP contribution in [-0.2, 0) is 11.3 Å². The molecule has 0 bridgehead atoms. The van der Waals surface area contributed by atoms with Gasteiger partial charge in [-0.2, -0.15) is 0 Å². The van der Waals surface area contributed by atoms with E-state index in [2.05, 4.69) is 5.32 Å². The number of methoxy groups -OCH3 is 2. The Labute approximate surface area is 102 Å². The number of nitrogens with one attached hydrogen (secondary N) is 1. The summed E-state index contributed by atoms with van der Waals surface area (Å²) in [6.45, 7) is 5.90. The van der Waals surface area contributed by atoms with Gasteiger partial charge >= 0.3 is 0 Å². The first-order valence-electron chi connectivity index (χ1n) is 5.46. The Morgan fingerprint density at radius 1 is 1.24 bits per heavy atom. The maximum atomic E-state index is 10.9. The van der Waals surface area contributed by atoms with Gasteiger partial charge in [-0.1, -0.05) is 0 Å². The lowest BCUT2D eigenvalue weighted by Crippen LogP contribution is -2.19. The fraction of sp³-hybridized carbons (Fsp3) is 0.462. The van der Waals surface area contributed by atoms with Gasteiger partial charge in [0.05, 0.1) is 14.2 Å². The van der Waals surface area contributed by atoms with Crippen molar-refractivity contribution in [1.82, 2.24) is 5.32 Å². The first-order chi connectivity index (χ1) is 8.01. The molecule has 0 atom stereocenters. The zero-order valence-corrected chi connectivity index (χ0v) is 11.0. The van der Waals surface area contributed by atoms with Crippen LogP contribution in [0.15, 0.2) is 6.07 Å². The molecule has 0 aromatic heterocycles. The molecule has 1 N–H and O–H groups in total. The van der Waals surface area contributed by atoms with E-state index in [0.29, 0.717) is 6.54 Å². The number of carbonyl (C=O) groups excluding carboxylic acids is 1. The molecule has 0 unspecified atom stereocenters. The van der Waals surface area contributed by atoms with Gasteiger partial charge in [-0.25, -0.2) is 0 Å². The van der Waals surface area contributed by atoms with E-state index < -0.39 is 0 Å². The van der Waals surface area contributed by atoms with Gasteiger partial charge in [0.15, 0.2) is 0 Å². The van der Waals surface area contributed by atoms with E-state index >= 15 is 0 Å². The number of amides is 1. The van der Waals surface area contributed by atoms with Crippen molar-refractivity contribution in [2.24, 2.45) is 0 Å². The van der Waals surface area contributed by atoms with E-state index in [0.717, 1.165) is 28.2 Å². The topological polar surface area (TPSA) is 47.6 Å². The van der Waals surface area contributed by atoms with Crippen LogP contribution in [0.1, 0.15) is 23.6 Å². The van der Waals surface area contributed by atoms with Crippen LogP contribution in [0, 0.1) is 13.8 Å². The highest BCUT2D eigenvalue weighted by Crippen LogP contribution is 2.33. The third-order valence-corrected chi connectivity index (χ3v) is 2.82. The zero-order chi connectivity index (χ0) is 13.0. The Hall–Kier alpha value is -1.71. The molecular formula is C13H19NO3. The summed E-state index contributed by atoms with van der Waals surface area (Å²) in [6.07, 6.45) is 0. The Bertz CT molecular complexity index is 427. The number of hydrogen-bond donors (Lipinski definition) is 1. The number of benzene rings is 1. The Balaban J connectivity index is 3.17. The van der Waals surface area contributed by atoms with Crippen molar-refractivity contribution < 1.29 is 14.3 Å². The Morgan fingerprint density at radius 3 is 2.35 bits per heavy atom. The largest absolute Gasteiger partial charge is 0.496 e. The van der Waals surface area contributed by atoms with Gasteiger partial charge < -0.3 is 14.8 Å². The third kappa shape index (κ3) is 2.90. The smallest absolute Gasteiger partial charge is 0.217 e. The molecular weight excluding hydrogens is 218 g/mol. The standard InChI is InChI=1S/C13H19NO3/c1-8-9(2)13(17-5)11(6-12(8)16-4)7-14-10(3)15/h6H,7H2,1-5H3,(H,14,15). The van der Waals surface area contributed by atoms with Crippen LogP contribution in [0.5, 0.6) is 11.5 Å². The summed E-state index contributed by atoms with van der Waals surface area (Å²) in [7, 11) is 3.27. The lowest BCUT2D eigenvalue weighted by molar-refractivity contribution is -0.119. The van der Waals surface area contributed by atoms with E-state index in [1.54, 1.807) is 14.2 Å². The molecule has 0 radical (unpaired) electrons. The van der Waals surface area contributed by atoms with E-state index in [4.69, 9.17) is 9.47 Å². The molecule has 0 aliphatic rings. The first-order valence-corrected chi connectivity index (χ1v) is 5.46. The fourth-order valence-corrected chi connectivity index (χ4v) is 1.78. The summed E-state index contributed by atoms with van der Waals surface area (Å²) in [4.78, 5) is 10.9. The predicted octanol–water partition coefficient (Wildman–Crippen LogP) is 1.96. The van der Waals surface area contributed by atoms with E-state index in [9.17, 15) is 4.79 Å². The maximum Gasteiger partial charge on any atom is 0.217 e. The lowest BCUT2D eigenvalue weighted by Gasteiger charge is -2.16. The average Bonchev–Trinajstić information content (AvgIpc) is 2.30. The molecule has 1 amide bonds. The summed E-state index contributed by atoms with van der Waals surface area (Å²) in [6, 6.07) is 1.90. The van der Waals surface area contributed by atoms with Crippen LogP contribution in [-0.4, -0.2) is 20.1 Å². The van der Waals surface area contributed by atoms with Crippen molar-refractivity contribution in [2.45, 2.75) is 27.3 Å². The summed E-state index contributed by atoms with van der Waals surface area (Å²) in [5, 5.41) is 2.76. The zero-order valence-electron chi connectivity index (χ0n) is 11.0. The molecule has 1 rings (SSSR count). The van der Waals surface area contributed by atoms with Crippen LogP contribution in [0.25, 0.3) is 0 Å². The van der Waals surface area contributed by atoms with Gasteiger partial charge in [-0.3, -0.25) is 4.79 Å². The minimum atomic E-state index is -0.0655. The molecule has 0 aliphatic heterocycles. The lowest BCUT2D eigenvalue weighted by atomic mass is 10.0. The van der Waals surface area contributed by atoms with Crippen molar-refractivity contribution in [3.8, 4) is 11.5 Å². The maximum absolute atomic E-state index is 10.9. The molecule has 0 spiro atoms. The van der Waals surface area contributed by atoms with E-state index in [1.807, 2.05) is 19.9 Å². The van der Waals surface area contributed by atoms with Crippen molar-refractivity contribution in [3.05, 3.63) is 22.8 Å². The van der Waals surface area contributed by atoms with Gasteiger partial charge in [-0.15, -0.1) is 0 Å². The predicted molar refractivity (Wildman–Crippen MR) is 66.5 cm³/mol. The fourth-order valence-electron chi connectivity index (χ4n) is 1.78. The molecule has 94 valence electrons. The normalized spacial score (nSPS) is 9.94. The van der Waals surface area contributed by atoms with Crippen LogP contribution in [0.2, 0.25) is 0 Å². The molecule has 4 nitrogen and oxygen atoms in total. The summed E-state index contributed by atoms with van der Waals surface area (Å²) in [5.74, 6) is 1.55. The molecule has 1 aromatic rings. The highest BCUT2D eigenvalue weighted by molar-refractivity contribution is 5.73. The van der Waals surface area contributed by atoms with Crippen LogP contribution in [0.4, 0.5) is 0 Å². The summed E-state index contributed by atoms with van der Waals surface area (Å²) < 4.78 is 10.7. The second-order valence-electron chi connectivity index (χ2n) is 3.93. The van der Waals surface area contributed by atoms with Crippen molar-refractivity contribution in [2.75, 3.05) is 14.2 Å². The van der Waals surface area contributed by atoms with Crippen LogP contribution >= 0.6 is 0 Å². The SMILES string of the molecule is COc1cc(CNC(C)=O)c(OC)c(C)c1C. The second kappa shape index (κ2) is 5.57. The van der Waals surface area contributed by atoms with E-state index in [-0.39, 0.29) is 5.91 Å². The Morgan fingerprint density at radius 2 is 1.88 bits per heavy atom. The molecule has 1 aromatic carbocycles. The second-order valence-corrected chi connectivity index (χ2v) is 3.93. The number of rotatable bonds is 4. The number of carbonyl (C=O) groups is 1. The van der Waals surface area contributed by atoms with E-state index in [1.165, 1.54) is 6.92 Å². The molecule has 0 saturated carbocycles. The van der Waals surface area contributed by atoms with Crippen molar-refractivity contribution >= 4 is 5.91 Å². The minimum absolute atomic E-state index is 0.0655. The van der Waals surface area contributed by atoms with Crippen molar-refractivity contribution in [1.29, 1.82) is 0 Å². The first kappa shape index (κ1) is 13.4. The monoisotopic (exact) mass is 237 g/mol. The molecule has 0 saturated heterocycles. The van der Waals surface area contributed by atoms with Gasteiger partial charge in [0.1, 0.15) is 11.5 Å². The van der Waals surface area contributed by atoms with Gasteiger partial charge in [0, 0.05) is 19.0 Å². The highest BCUT2D eigenvalue weighted by atomic mass is 16.5. The van der Waals surface area contributed by atoms with Crippen molar-refractivity contribution in [3.63, 3.8) is 0 Å². The third-order valence-electron chi connectivity index (χ3n) is 2.82. The van der Waals surface area contributed by atoms with Gasteiger partial charge in [0.25, 0.3) is 0 Å². The Kier molecular flexibility index (Phi) is 4.37. The number of ether oxygens (including phenoxy) is 2. The molecule has 4 heteroatoms. The molecule has 0 fully saturated rings. The molecule has 0 heterocycles. The summed E-state index contributed by atoms with van der Waals surface area (Å²) >= 11 is 0. The van der Waals surface area contributed by atoms with Gasteiger partial charge in [0.2, 0.25) is 5.91 Å². The average molecular weight is 237 g/mol.